The zero-order chi connectivity index (χ0) is 17.1. The number of nitrogens with zero attached hydrogens (tertiary/aromatic N) is 1. The number of anilines is 1. The molecular formula is C18H17FN2O2S. The minimum absolute atomic E-state index is 0.174. The lowest BCUT2D eigenvalue weighted by molar-refractivity contribution is -0.124. The van der Waals surface area contributed by atoms with Crippen LogP contribution >= 0.6 is 11.8 Å². The Morgan fingerprint density at radius 2 is 1.88 bits per heavy atom. The minimum atomic E-state index is -0.645. The summed E-state index contributed by atoms with van der Waals surface area (Å²) in [7, 11) is 0. The van der Waals surface area contributed by atoms with E-state index in [1.807, 2.05) is 24.3 Å². The van der Waals surface area contributed by atoms with Crippen molar-refractivity contribution in [3.63, 3.8) is 0 Å². The van der Waals surface area contributed by atoms with Crippen molar-refractivity contribution in [1.29, 1.82) is 0 Å². The topological polar surface area (TPSA) is 63.4 Å². The molecule has 0 aromatic heterocycles. The fourth-order valence-corrected chi connectivity index (χ4v) is 3.73. The normalized spacial score (nSPS) is 16.0. The van der Waals surface area contributed by atoms with Gasteiger partial charge in [0, 0.05) is 29.2 Å². The van der Waals surface area contributed by atoms with Gasteiger partial charge >= 0.3 is 0 Å². The molecule has 0 fully saturated rings. The van der Waals surface area contributed by atoms with Gasteiger partial charge in [-0.3, -0.25) is 14.5 Å². The highest BCUT2D eigenvalue weighted by Gasteiger charge is 2.36. The fraction of sp³-hybridized carbons (Fsp3) is 0.222. The number of benzene rings is 2. The zero-order valence-electron chi connectivity index (χ0n) is 12.9. The zero-order valence-corrected chi connectivity index (χ0v) is 13.8. The van der Waals surface area contributed by atoms with Crippen LogP contribution in [0.3, 0.4) is 0 Å². The Balaban J connectivity index is 1.69. The highest BCUT2D eigenvalue weighted by atomic mass is 32.2. The van der Waals surface area contributed by atoms with Crippen LogP contribution in [0, 0.1) is 5.82 Å². The fourth-order valence-electron chi connectivity index (χ4n) is 2.85. The number of primary amides is 1. The van der Waals surface area contributed by atoms with Gasteiger partial charge < -0.3 is 5.73 Å². The van der Waals surface area contributed by atoms with E-state index in [-0.39, 0.29) is 18.1 Å². The molecule has 0 bridgehead atoms. The molecule has 0 unspecified atom stereocenters. The molecule has 2 aromatic carbocycles. The van der Waals surface area contributed by atoms with Crippen molar-refractivity contribution in [1.82, 2.24) is 0 Å². The van der Waals surface area contributed by atoms with Crippen LogP contribution in [-0.4, -0.2) is 23.6 Å². The third kappa shape index (κ3) is 3.28. The molecular weight excluding hydrogens is 327 g/mol. The molecule has 1 aliphatic heterocycles. The van der Waals surface area contributed by atoms with Gasteiger partial charge in [-0.05, 0) is 23.8 Å². The van der Waals surface area contributed by atoms with E-state index in [1.165, 1.54) is 22.7 Å². The number of para-hydroxylation sites is 1. The molecule has 0 spiro atoms. The predicted molar refractivity (Wildman–Crippen MR) is 92.4 cm³/mol. The molecule has 24 heavy (non-hydrogen) atoms. The number of carbonyl (C=O) groups is 2. The largest absolute Gasteiger partial charge is 0.368 e. The number of amides is 2. The SMILES string of the molecule is NC(=O)[C@@H]1Cc2ccccc2N1C(=O)CCSc1ccccc1F. The first kappa shape index (κ1) is 16.5. The second kappa shape index (κ2) is 7.05. The van der Waals surface area contributed by atoms with Gasteiger partial charge in [-0.25, -0.2) is 4.39 Å². The second-order valence-electron chi connectivity index (χ2n) is 5.54. The van der Waals surface area contributed by atoms with Crippen LogP contribution in [0.25, 0.3) is 0 Å². The number of carbonyl (C=O) groups excluding carboxylic acids is 2. The Morgan fingerprint density at radius 1 is 1.17 bits per heavy atom. The Bertz CT molecular complexity index is 781. The van der Waals surface area contributed by atoms with Crippen molar-refractivity contribution < 1.29 is 14.0 Å². The summed E-state index contributed by atoms with van der Waals surface area (Å²) in [6.07, 6.45) is 0.648. The molecule has 3 rings (SSSR count). The van der Waals surface area contributed by atoms with Gasteiger partial charge in [-0.15, -0.1) is 11.8 Å². The highest BCUT2D eigenvalue weighted by molar-refractivity contribution is 7.99. The van der Waals surface area contributed by atoms with Crippen LogP contribution < -0.4 is 10.6 Å². The van der Waals surface area contributed by atoms with Gasteiger partial charge in [-0.1, -0.05) is 30.3 Å². The van der Waals surface area contributed by atoms with Crippen LogP contribution in [-0.2, 0) is 16.0 Å². The second-order valence-corrected chi connectivity index (χ2v) is 6.68. The quantitative estimate of drug-likeness (QED) is 0.849. The summed E-state index contributed by atoms with van der Waals surface area (Å²) in [5, 5.41) is 0. The lowest BCUT2D eigenvalue weighted by Crippen LogP contribution is -2.46. The van der Waals surface area contributed by atoms with Crippen molar-refractivity contribution in [3.05, 3.63) is 59.9 Å². The first-order valence-electron chi connectivity index (χ1n) is 7.64. The van der Waals surface area contributed by atoms with E-state index in [1.54, 1.807) is 18.2 Å². The molecule has 2 aromatic rings. The van der Waals surface area contributed by atoms with Crippen molar-refractivity contribution in [2.45, 2.75) is 23.8 Å². The van der Waals surface area contributed by atoms with E-state index in [0.717, 1.165) is 11.3 Å². The molecule has 0 aliphatic carbocycles. The number of nitrogens with two attached hydrogens (primary N) is 1. The maximum Gasteiger partial charge on any atom is 0.240 e. The van der Waals surface area contributed by atoms with E-state index in [9.17, 15) is 14.0 Å². The lowest BCUT2D eigenvalue weighted by atomic mass is 10.1. The van der Waals surface area contributed by atoms with Crippen molar-refractivity contribution >= 4 is 29.3 Å². The van der Waals surface area contributed by atoms with Crippen molar-refractivity contribution in [2.75, 3.05) is 10.7 Å². The van der Waals surface area contributed by atoms with E-state index in [0.29, 0.717) is 17.1 Å². The van der Waals surface area contributed by atoms with Gasteiger partial charge in [-0.2, -0.15) is 0 Å². The van der Waals surface area contributed by atoms with Gasteiger partial charge in [0.05, 0.1) is 0 Å². The van der Waals surface area contributed by atoms with Gasteiger partial charge in [0.2, 0.25) is 11.8 Å². The predicted octanol–water partition coefficient (Wildman–Crippen LogP) is 2.75. The molecule has 2 N–H and O–H groups in total. The van der Waals surface area contributed by atoms with Crippen LogP contribution in [0.2, 0.25) is 0 Å². The molecule has 1 heterocycles. The summed E-state index contributed by atoms with van der Waals surface area (Å²) in [6.45, 7) is 0. The number of hydrogen-bond donors (Lipinski definition) is 1. The summed E-state index contributed by atoms with van der Waals surface area (Å²) < 4.78 is 13.6. The first-order valence-corrected chi connectivity index (χ1v) is 8.63. The van der Waals surface area contributed by atoms with E-state index in [2.05, 4.69) is 0 Å². The summed E-state index contributed by atoms with van der Waals surface area (Å²) in [5.41, 5.74) is 7.14. The highest BCUT2D eigenvalue weighted by Crippen LogP contribution is 2.33. The molecule has 124 valence electrons. The van der Waals surface area contributed by atoms with Gasteiger partial charge in [0.25, 0.3) is 0 Å². The molecule has 6 heteroatoms. The smallest absolute Gasteiger partial charge is 0.240 e. The summed E-state index contributed by atoms with van der Waals surface area (Å²) in [5.74, 6) is -0.547. The summed E-state index contributed by atoms with van der Waals surface area (Å²) in [4.78, 5) is 26.3. The van der Waals surface area contributed by atoms with E-state index >= 15 is 0 Å². The molecule has 4 nitrogen and oxygen atoms in total. The molecule has 0 saturated carbocycles. The van der Waals surface area contributed by atoms with Crippen LogP contribution in [0.1, 0.15) is 12.0 Å². The number of rotatable bonds is 5. The van der Waals surface area contributed by atoms with Crippen LogP contribution in [0.4, 0.5) is 10.1 Å². The molecule has 1 atom stereocenters. The maximum atomic E-state index is 13.6. The van der Waals surface area contributed by atoms with Crippen molar-refractivity contribution in [2.24, 2.45) is 5.73 Å². The van der Waals surface area contributed by atoms with E-state index in [4.69, 9.17) is 5.73 Å². The average Bonchev–Trinajstić information content (AvgIpc) is 2.96. The lowest BCUT2D eigenvalue weighted by Gasteiger charge is -2.23. The Labute approximate surface area is 143 Å². The standard InChI is InChI=1S/C18H17FN2O2S/c19-13-6-2-4-8-16(13)24-10-9-17(22)21-14-7-3-1-5-12(14)11-15(21)18(20)23/h1-8,15H,9-11H2,(H2,20,23)/t15-/m0/s1. The molecule has 0 saturated heterocycles. The average molecular weight is 344 g/mol. The molecule has 2 amide bonds. The Morgan fingerprint density at radius 3 is 2.62 bits per heavy atom. The number of hydrogen-bond acceptors (Lipinski definition) is 3. The monoisotopic (exact) mass is 344 g/mol. The third-order valence-electron chi connectivity index (χ3n) is 3.98. The molecule has 1 aliphatic rings. The van der Waals surface area contributed by atoms with Crippen molar-refractivity contribution in [3.8, 4) is 0 Å². The van der Waals surface area contributed by atoms with E-state index < -0.39 is 11.9 Å². The number of thioether (sulfide) groups is 1. The minimum Gasteiger partial charge on any atom is -0.368 e. The Hall–Kier alpha value is -2.34. The number of fused-ring (bicyclic) bond motifs is 1. The first-order chi connectivity index (χ1) is 11.6. The maximum absolute atomic E-state index is 13.6. The number of halogens is 1. The van der Waals surface area contributed by atoms with Gasteiger partial charge in [0.1, 0.15) is 11.9 Å². The van der Waals surface area contributed by atoms with Gasteiger partial charge in [0.15, 0.2) is 0 Å². The Kier molecular flexibility index (Phi) is 4.85. The summed E-state index contributed by atoms with van der Waals surface area (Å²) in [6, 6.07) is 13.2. The summed E-state index contributed by atoms with van der Waals surface area (Å²) >= 11 is 1.29. The molecule has 0 radical (unpaired) electrons. The third-order valence-corrected chi connectivity index (χ3v) is 5.03. The van der Waals surface area contributed by atoms with Crippen LogP contribution in [0.5, 0.6) is 0 Å². The van der Waals surface area contributed by atoms with Crippen LogP contribution in [0.15, 0.2) is 53.4 Å².